The van der Waals surface area contributed by atoms with Crippen LogP contribution in [0.1, 0.15) is 46.0 Å². The summed E-state index contributed by atoms with van der Waals surface area (Å²) in [6, 6.07) is 12.1. The summed E-state index contributed by atoms with van der Waals surface area (Å²) in [5.41, 5.74) is 4.18. The number of aliphatic carboxylic acids is 1. The largest absolute Gasteiger partial charge is 0.480 e. The van der Waals surface area contributed by atoms with Crippen molar-refractivity contribution >= 4 is 11.9 Å². The quantitative estimate of drug-likeness (QED) is 0.654. The van der Waals surface area contributed by atoms with E-state index in [0.29, 0.717) is 11.3 Å². The second-order valence-corrected chi connectivity index (χ2v) is 6.73. The zero-order chi connectivity index (χ0) is 20.3. The summed E-state index contributed by atoms with van der Waals surface area (Å²) in [5.74, 6) is -1.20. The number of hydrogen-bond acceptors (Lipinski definition) is 4. The number of nitrogens with zero attached hydrogens (tertiary/aromatic N) is 4. The molecule has 0 radical (unpaired) electrons. The minimum absolute atomic E-state index is 0.110. The summed E-state index contributed by atoms with van der Waals surface area (Å²) in [7, 11) is 0. The van der Waals surface area contributed by atoms with Crippen LogP contribution in [0.25, 0.3) is 0 Å². The van der Waals surface area contributed by atoms with E-state index in [0.717, 1.165) is 11.4 Å². The van der Waals surface area contributed by atoms with Crippen LogP contribution in [0.3, 0.4) is 0 Å². The zero-order valence-electron chi connectivity index (χ0n) is 16.1. The van der Waals surface area contributed by atoms with Gasteiger partial charge in [0.25, 0.3) is 5.91 Å². The molecule has 1 amide bonds. The molecular formula is C20H23N5O3. The Kier molecular flexibility index (Phi) is 5.58. The number of hydrogen-bond donors (Lipinski definition) is 2. The summed E-state index contributed by atoms with van der Waals surface area (Å²) in [6.07, 6.45) is 1.51. The molecule has 0 aliphatic carbocycles. The molecule has 1 aromatic carbocycles. The van der Waals surface area contributed by atoms with Crippen molar-refractivity contribution < 1.29 is 14.7 Å². The van der Waals surface area contributed by atoms with E-state index in [-0.39, 0.29) is 25.0 Å². The Morgan fingerprint density at radius 2 is 1.93 bits per heavy atom. The van der Waals surface area contributed by atoms with Crippen LogP contribution in [0.4, 0.5) is 0 Å². The van der Waals surface area contributed by atoms with Crippen molar-refractivity contribution in [3.63, 3.8) is 0 Å². The number of carboxylic acid groups (broad SMARTS) is 1. The van der Waals surface area contributed by atoms with Gasteiger partial charge in [-0.25, -0.2) is 4.68 Å². The molecule has 0 spiro atoms. The Balaban J connectivity index is 1.72. The third-order valence-corrected chi connectivity index (χ3v) is 4.71. The van der Waals surface area contributed by atoms with Gasteiger partial charge in [0.05, 0.1) is 24.3 Å². The number of carbonyl (C=O) groups is 2. The van der Waals surface area contributed by atoms with Gasteiger partial charge in [-0.1, -0.05) is 35.5 Å². The number of carbonyl (C=O) groups excluding carboxylic acids is 1. The summed E-state index contributed by atoms with van der Waals surface area (Å²) in [6.45, 7) is 5.94. The first kappa shape index (κ1) is 19.3. The lowest BCUT2D eigenvalue weighted by atomic mass is 10.1. The molecule has 2 aromatic heterocycles. The number of amides is 1. The van der Waals surface area contributed by atoms with Gasteiger partial charge in [-0.05, 0) is 32.4 Å². The molecule has 0 aliphatic heterocycles. The normalized spacial score (nSPS) is 12.0. The van der Waals surface area contributed by atoms with E-state index in [4.69, 9.17) is 5.11 Å². The van der Waals surface area contributed by atoms with E-state index in [1.165, 1.54) is 16.4 Å². The first-order valence-corrected chi connectivity index (χ1v) is 8.99. The van der Waals surface area contributed by atoms with Gasteiger partial charge in [-0.15, -0.1) is 5.10 Å². The van der Waals surface area contributed by atoms with Gasteiger partial charge in [-0.2, -0.15) is 0 Å². The summed E-state index contributed by atoms with van der Waals surface area (Å²) in [5, 5.41) is 19.2. The second-order valence-electron chi connectivity index (χ2n) is 6.73. The molecular weight excluding hydrogens is 358 g/mol. The molecule has 3 rings (SSSR count). The standard InChI is InChI=1S/C20H23N5O3/c1-13-9-18(15(3)25(13)14(2)16-7-5-4-6-8-16)20(28)21-10-17-11-24(23-22-17)12-19(26)27/h4-9,11,14H,10,12H2,1-3H3,(H,21,28)(H,26,27). The van der Waals surface area contributed by atoms with Crippen molar-refractivity contribution in [1.29, 1.82) is 0 Å². The number of rotatable bonds is 7. The van der Waals surface area contributed by atoms with Crippen LogP contribution in [0.15, 0.2) is 42.6 Å². The smallest absolute Gasteiger partial charge is 0.325 e. The highest BCUT2D eigenvalue weighted by Gasteiger charge is 2.19. The van der Waals surface area contributed by atoms with Crippen LogP contribution < -0.4 is 5.32 Å². The fourth-order valence-electron chi connectivity index (χ4n) is 3.39. The fraction of sp³-hybridized carbons (Fsp3) is 0.300. The molecule has 2 N–H and O–H groups in total. The van der Waals surface area contributed by atoms with Crippen molar-refractivity contribution in [3.8, 4) is 0 Å². The van der Waals surface area contributed by atoms with E-state index in [1.807, 2.05) is 38.1 Å². The molecule has 0 bridgehead atoms. The van der Waals surface area contributed by atoms with Gasteiger partial charge >= 0.3 is 5.97 Å². The van der Waals surface area contributed by atoms with Crippen LogP contribution in [0.2, 0.25) is 0 Å². The molecule has 8 nitrogen and oxygen atoms in total. The molecule has 0 saturated carbocycles. The number of carboxylic acids is 1. The molecule has 1 unspecified atom stereocenters. The second kappa shape index (κ2) is 8.08. The Bertz CT molecular complexity index is 991. The molecule has 0 aliphatic rings. The zero-order valence-corrected chi connectivity index (χ0v) is 16.1. The maximum absolute atomic E-state index is 12.7. The maximum Gasteiger partial charge on any atom is 0.325 e. The van der Waals surface area contributed by atoms with E-state index >= 15 is 0 Å². The Morgan fingerprint density at radius 1 is 1.21 bits per heavy atom. The molecule has 0 fully saturated rings. The minimum Gasteiger partial charge on any atom is -0.480 e. The van der Waals surface area contributed by atoms with Gasteiger partial charge in [0, 0.05) is 11.4 Å². The molecule has 1 atom stereocenters. The Hall–Kier alpha value is -3.42. The number of aromatic nitrogens is 4. The van der Waals surface area contributed by atoms with Gasteiger partial charge in [0.15, 0.2) is 0 Å². The van der Waals surface area contributed by atoms with E-state index in [9.17, 15) is 9.59 Å². The molecule has 146 valence electrons. The fourth-order valence-corrected chi connectivity index (χ4v) is 3.39. The Morgan fingerprint density at radius 3 is 2.61 bits per heavy atom. The number of benzene rings is 1. The van der Waals surface area contributed by atoms with Crippen LogP contribution in [0.5, 0.6) is 0 Å². The number of nitrogens with one attached hydrogen (secondary N) is 1. The topological polar surface area (TPSA) is 102 Å². The number of aryl methyl sites for hydroxylation is 1. The summed E-state index contributed by atoms with van der Waals surface area (Å²) >= 11 is 0. The average molecular weight is 381 g/mol. The third kappa shape index (κ3) is 4.11. The van der Waals surface area contributed by atoms with Gasteiger partial charge in [0.1, 0.15) is 12.2 Å². The van der Waals surface area contributed by atoms with Gasteiger partial charge < -0.3 is 15.0 Å². The van der Waals surface area contributed by atoms with Gasteiger partial charge in [0.2, 0.25) is 0 Å². The van der Waals surface area contributed by atoms with Crippen molar-refractivity contribution in [2.24, 2.45) is 0 Å². The van der Waals surface area contributed by atoms with Gasteiger partial charge in [-0.3, -0.25) is 9.59 Å². The van der Waals surface area contributed by atoms with E-state index in [2.05, 4.69) is 39.3 Å². The maximum atomic E-state index is 12.7. The van der Waals surface area contributed by atoms with E-state index < -0.39 is 5.97 Å². The summed E-state index contributed by atoms with van der Waals surface area (Å²) < 4.78 is 3.37. The Labute approximate surface area is 162 Å². The predicted octanol–water partition coefficient (Wildman–Crippen LogP) is 2.32. The highest BCUT2D eigenvalue weighted by molar-refractivity contribution is 5.95. The van der Waals surface area contributed by atoms with Crippen LogP contribution in [0, 0.1) is 13.8 Å². The molecule has 8 heteroatoms. The average Bonchev–Trinajstić information content (AvgIpc) is 3.23. The predicted molar refractivity (Wildman–Crippen MR) is 103 cm³/mol. The highest BCUT2D eigenvalue weighted by Crippen LogP contribution is 2.25. The molecule has 2 heterocycles. The van der Waals surface area contributed by atoms with Crippen molar-refractivity contribution in [3.05, 3.63) is 70.8 Å². The molecule has 3 aromatic rings. The third-order valence-electron chi connectivity index (χ3n) is 4.71. The highest BCUT2D eigenvalue weighted by atomic mass is 16.4. The lowest BCUT2D eigenvalue weighted by Crippen LogP contribution is -2.23. The van der Waals surface area contributed by atoms with Crippen molar-refractivity contribution in [2.45, 2.75) is 39.9 Å². The van der Waals surface area contributed by atoms with Crippen LogP contribution in [-0.4, -0.2) is 36.5 Å². The monoisotopic (exact) mass is 381 g/mol. The SMILES string of the molecule is Cc1cc(C(=O)NCc2cn(CC(=O)O)nn2)c(C)n1C(C)c1ccccc1. The lowest BCUT2D eigenvalue weighted by Gasteiger charge is -2.19. The van der Waals surface area contributed by atoms with E-state index in [1.54, 1.807) is 0 Å². The van der Waals surface area contributed by atoms with Crippen molar-refractivity contribution in [2.75, 3.05) is 0 Å². The molecule has 0 saturated heterocycles. The van der Waals surface area contributed by atoms with Crippen LogP contribution in [-0.2, 0) is 17.9 Å². The summed E-state index contributed by atoms with van der Waals surface area (Å²) in [4.78, 5) is 23.4. The van der Waals surface area contributed by atoms with Crippen molar-refractivity contribution in [1.82, 2.24) is 24.9 Å². The minimum atomic E-state index is -1.000. The van der Waals surface area contributed by atoms with Crippen LogP contribution >= 0.6 is 0 Å². The lowest BCUT2D eigenvalue weighted by molar-refractivity contribution is -0.137. The first-order valence-electron chi connectivity index (χ1n) is 8.99. The molecule has 28 heavy (non-hydrogen) atoms. The first-order chi connectivity index (χ1) is 13.4.